The summed E-state index contributed by atoms with van der Waals surface area (Å²) in [6.07, 6.45) is 3.21. The topological polar surface area (TPSA) is 121 Å². The second-order valence-corrected chi connectivity index (χ2v) is 6.04. The zero-order valence-electron chi connectivity index (χ0n) is 13.6. The number of aromatic amines is 1. The van der Waals surface area contributed by atoms with Gasteiger partial charge in [-0.15, -0.1) is 0 Å². The first kappa shape index (κ1) is 16.0. The molecule has 9 heteroatoms. The molecule has 3 aromatic rings. The fourth-order valence-corrected chi connectivity index (χ4v) is 3.25. The van der Waals surface area contributed by atoms with Crippen LogP contribution in [0.15, 0.2) is 41.7 Å². The molecule has 2 N–H and O–H groups in total. The molecule has 0 bridgehead atoms. The Balaban J connectivity index is 1.65. The normalized spacial score (nSPS) is 16.5. The lowest BCUT2D eigenvalue weighted by Crippen LogP contribution is -2.45. The summed E-state index contributed by atoms with van der Waals surface area (Å²) < 4.78 is 1.20. The molecule has 1 aliphatic heterocycles. The number of fused-ring (bicyclic) bond motifs is 2. The van der Waals surface area contributed by atoms with Gasteiger partial charge in [0.1, 0.15) is 6.54 Å². The molecule has 0 unspecified atom stereocenters. The van der Waals surface area contributed by atoms with E-state index >= 15 is 0 Å². The number of aromatic nitrogens is 4. The van der Waals surface area contributed by atoms with Gasteiger partial charge in [-0.05, 0) is 12.1 Å². The lowest BCUT2D eigenvalue weighted by Gasteiger charge is -2.32. The van der Waals surface area contributed by atoms with Crippen LogP contribution >= 0.6 is 0 Å². The monoisotopic (exact) mass is 353 g/mol. The van der Waals surface area contributed by atoms with Crippen molar-refractivity contribution < 1.29 is 14.7 Å². The zero-order valence-corrected chi connectivity index (χ0v) is 13.6. The number of rotatable bonds is 3. The highest BCUT2D eigenvalue weighted by atomic mass is 16.4. The number of amides is 1. The van der Waals surface area contributed by atoms with Gasteiger partial charge in [0.05, 0.1) is 29.3 Å². The number of hydrogen-bond acceptors (Lipinski definition) is 5. The van der Waals surface area contributed by atoms with Crippen LogP contribution in [0.1, 0.15) is 17.4 Å². The van der Waals surface area contributed by atoms with Crippen LogP contribution in [0.4, 0.5) is 0 Å². The summed E-state index contributed by atoms with van der Waals surface area (Å²) in [6, 6.07) is 5.69. The quantitative estimate of drug-likeness (QED) is 0.700. The van der Waals surface area contributed by atoms with Crippen LogP contribution in [-0.4, -0.2) is 47.9 Å². The van der Waals surface area contributed by atoms with E-state index in [-0.39, 0.29) is 18.6 Å². The largest absolute Gasteiger partial charge is 0.479 e. The molecule has 1 aromatic carbocycles. The van der Waals surface area contributed by atoms with Gasteiger partial charge in [-0.25, -0.2) is 14.8 Å². The summed E-state index contributed by atoms with van der Waals surface area (Å²) >= 11 is 0. The zero-order chi connectivity index (χ0) is 18.3. The van der Waals surface area contributed by atoms with Crippen molar-refractivity contribution in [3.05, 3.63) is 58.7 Å². The summed E-state index contributed by atoms with van der Waals surface area (Å²) in [5.74, 6) is -1.62. The molecule has 0 saturated heterocycles. The van der Waals surface area contributed by atoms with E-state index in [1.165, 1.54) is 22.1 Å². The van der Waals surface area contributed by atoms with E-state index in [1.807, 2.05) is 0 Å². The number of H-pyrrole nitrogens is 1. The number of imidazole rings is 1. The summed E-state index contributed by atoms with van der Waals surface area (Å²) in [4.78, 5) is 49.3. The number of nitrogens with one attached hydrogen (secondary N) is 1. The molecule has 1 aliphatic rings. The molecule has 1 atom stereocenters. The van der Waals surface area contributed by atoms with Crippen LogP contribution in [0.3, 0.4) is 0 Å². The third-order valence-electron chi connectivity index (χ3n) is 4.52. The highest BCUT2D eigenvalue weighted by molar-refractivity contribution is 5.85. The van der Waals surface area contributed by atoms with Crippen LogP contribution in [0.5, 0.6) is 0 Å². The van der Waals surface area contributed by atoms with Gasteiger partial charge in [0.2, 0.25) is 5.91 Å². The number of carboxylic acids is 1. The average Bonchev–Trinajstić information content (AvgIpc) is 3.11. The maximum atomic E-state index is 12.7. The Morgan fingerprint density at radius 3 is 2.88 bits per heavy atom. The van der Waals surface area contributed by atoms with Crippen molar-refractivity contribution in [3.8, 4) is 0 Å². The molecule has 4 rings (SSSR count). The number of carboxylic acid groups (broad SMARTS) is 1. The Kier molecular flexibility index (Phi) is 3.76. The van der Waals surface area contributed by atoms with Gasteiger partial charge < -0.3 is 15.0 Å². The third kappa shape index (κ3) is 2.53. The molecule has 0 aliphatic carbocycles. The highest BCUT2D eigenvalue weighted by Gasteiger charge is 2.37. The molecular formula is C17H15N5O4. The van der Waals surface area contributed by atoms with Crippen LogP contribution in [0.25, 0.3) is 10.9 Å². The van der Waals surface area contributed by atoms with Gasteiger partial charge in [-0.3, -0.25) is 14.2 Å². The molecular weight excluding hydrogens is 338 g/mol. The number of benzene rings is 1. The minimum absolute atomic E-state index is 0.237. The first-order chi connectivity index (χ1) is 12.6. The molecule has 132 valence electrons. The third-order valence-corrected chi connectivity index (χ3v) is 4.52. The van der Waals surface area contributed by atoms with Gasteiger partial charge >= 0.3 is 5.97 Å². The van der Waals surface area contributed by atoms with E-state index in [0.717, 1.165) is 0 Å². The summed E-state index contributed by atoms with van der Waals surface area (Å²) in [5.41, 5.74) is 1.25. The van der Waals surface area contributed by atoms with Gasteiger partial charge in [-0.2, -0.15) is 0 Å². The van der Waals surface area contributed by atoms with Crippen molar-refractivity contribution in [1.82, 2.24) is 24.4 Å². The number of nitrogens with zero attached hydrogens (tertiary/aromatic N) is 4. The fraction of sp³-hybridized carbons (Fsp3) is 0.235. The Labute approximate surface area is 146 Å². The van der Waals surface area contributed by atoms with E-state index < -0.39 is 17.9 Å². The van der Waals surface area contributed by atoms with E-state index in [0.29, 0.717) is 28.7 Å². The summed E-state index contributed by atoms with van der Waals surface area (Å²) in [7, 11) is 0. The molecule has 0 fully saturated rings. The molecule has 3 heterocycles. The van der Waals surface area contributed by atoms with Crippen molar-refractivity contribution in [2.45, 2.75) is 19.0 Å². The SMILES string of the molecule is O=C(O)[C@@H]1c2nc[nH]c2CCN1C(=O)Cn1cnc2ccccc2c1=O. The number of aliphatic carboxylic acids is 1. The van der Waals surface area contributed by atoms with Gasteiger partial charge in [0.25, 0.3) is 5.56 Å². The van der Waals surface area contributed by atoms with E-state index in [2.05, 4.69) is 15.0 Å². The Hall–Kier alpha value is -3.49. The van der Waals surface area contributed by atoms with Crippen LogP contribution in [0.2, 0.25) is 0 Å². The molecule has 0 spiro atoms. The summed E-state index contributed by atoms with van der Waals surface area (Å²) in [6.45, 7) is -0.0407. The van der Waals surface area contributed by atoms with E-state index in [4.69, 9.17) is 0 Å². The predicted molar refractivity (Wildman–Crippen MR) is 90.4 cm³/mol. The Morgan fingerprint density at radius 1 is 1.27 bits per heavy atom. The molecule has 26 heavy (non-hydrogen) atoms. The van der Waals surface area contributed by atoms with Crippen LogP contribution in [-0.2, 0) is 22.6 Å². The van der Waals surface area contributed by atoms with Crippen LogP contribution in [0, 0.1) is 0 Å². The molecule has 0 saturated carbocycles. The first-order valence-electron chi connectivity index (χ1n) is 8.05. The Bertz CT molecular complexity index is 1070. The minimum atomic E-state index is -1.17. The number of carbonyl (C=O) groups excluding carboxylic acids is 1. The molecule has 2 aromatic heterocycles. The Morgan fingerprint density at radius 2 is 2.08 bits per heavy atom. The van der Waals surface area contributed by atoms with Crippen molar-refractivity contribution >= 4 is 22.8 Å². The maximum Gasteiger partial charge on any atom is 0.332 e. The smallest absolute Gasteiger partial charge is 0.332 e. The second-order valence-electron chi connectivity index (χ2n) is 6.04. The van der Waals surface area contributed by atoms with Gasteiger partial charge in [0, 0.05) is 18.7 Å². The number of carbonyl (C=O) groups is 2. The van der Waals surface area contributed by atoms with Gasteiger partial charge in [-0.1, -0.05) is 12.1 Å². The average molecular weight is 353 g/mol. The minimum Gasteiger partial charge on any atom is -0.479 e. The molecule has 9 nitrogen and oxygen atoms in total. The van der Waals surface area contributed by atoms with Crippen LogP contribution < -0.4 is 5.56 Å². The van der Waals surface area contributed by atoms with Crippen molar-refractivity contribution in [2.24, 2.45) is 0 Å². The predicted octanol–water partition coefficient (Wildman–Crippen LogP) is 0.330. The highest BCUT2D eigenvalue weighted by Crippen LogP contribution is 2.27. The molecule has 0 radical (unpaired) electrons. The number of para-hydroxylation sites is 1. The second kappa shape index (κ2) is 6.10. The van der Waals surface area contributed by atoms with Crippen molar-refractivity contribution in [1.29, 1.82) is 0 Å². The van der Waals surface area contributed by atoms with E-state index in [9.17, 15) is 19.5 Å². The van der Waals surface area contributed by atoms with Crippen molar-refractivity contribution in [2.75, 3.05) is 6.54 Å². The fourth-order valence-electron chi connectivity index (χ4n) is 3.25. The van der Waals surface area contributed by atoms with E-state index in [1.54, 1.807) is 24.3 Å². The van der Waals surface area contributed by atoms with Gasteiger partial charge in [0.15, 0.2) is 6.04 Å². The number of hydrogen-bond donors (Lipinski definition) is 2. The lowest BCUT2D eigenvalue weighted by atomic mass is 10.0. The summed E-state index contributed by atoms with van der Waals surface area (Å²) in [5, 5.41) is 9.96. The molecule has 1 amide bonds. The standard InChI is InChI=1S/C17H15N5O4/c23-13(7-21-9-20-11-4-2-1-3-10(11)16(21)24)22-6-5-12-14(19-8-18-12)15(22)17(25)26/h1-4,8-9,15H,5-7H2,(H,18,19)(H,25,26)/t15-/m0/s1. The van der Waals surface area contributed by atoms with Crippen molar-refractivity contribution in [3.63, 3.8) is 0 Å². The maximum absolute atomic E-state index is 12.7. The lowest BCUT2D eigenvalue weighted by molar-refractivity contribution is -0.151. The first-order valence-corrected chi connectivity index (χ1v) is 8.05.